The number of hydrogen-bond acceptors (Lipinski definition) is 8. The number of thiophene rings is 1. The summed E-state index contributed by atoms with van der Waals surface area (Å²) in [7, 11) is 0. The molecule has 0 radical (unpaired) electrons. The summed E-state index contributed by atoms with van der Waals surface area (Å²) in [4.78, 5) is 17.3. The van der Waals surface area contributed by atoms with Gasteiger partial charge in [-0.2, -0.15) is 20.1 Å². The van der Waals surface area contributed by atoms with Gasteiger partial charge in [-0.25, -0.2) is 5.43 Å². The molecule has 8 heteroatoms. The Morgan fingerprint density at radius 1 is 1.03 bits per heavy atom. The summed E-state index contributed by atoms with van der Waals surface area (Å²) < 4.78 is 0. The largest absolute Gasteiger partial charge is 0.341 e. The second-order valence-electron chi connectivity index (χ2n) is 8.16. The maximum atomic E-state index is 4.72. The predicted molar refractivity (Wildman–Crippen MR) is 130 cm³/mol. The zero-order chi connectivity index (χ0) is 21.8. The number of benzene rings is 1. The number of nitrogens with one attached hydrogen (secondary N) is 2. The molecule has 1 aliphatic rings. The second-order valence-corrected chi connectivity index (χ2v) is 9.11. The summed E-state index contributed by atoms with van der Waals surface area (Å²) in [6.45, 7) is 10.5. The number of piperidine rings is 1. The van der Waals surface area contributed by atoms with Crippen LogP contribution in [0.5, 0.6) is 0 Å². The normalized spacial score (nSPS) is 14.9. The summed E-state index contributed by atoms with van der Waals surface area (Å²) in [5.41, 5.74) is 7.59. The van der Waals surface area contributed by atoms with Crippen molar-refractivity contribution in [2.75, 3.05) is 28.7 Å². The van der Waals surface area contributed by atoms with E-state index in [4.69, 9.17) is 4.98 Å². The summed E-state index contributed by atoms with van der Waals surface area (Å²) in [5, 5.41) is 9.79. The van der Waals surface area contributed by atoms with E-state index in [-0.39, 0.29) is 0 Å². The van der Waals surface area contributed by atoms with E-state index in [0.717, 1.165) is 42.4 Å². The first-order chi connectivity index (χ1) is 15.0. The molecule has 2 aromatic heterocycles. The first-order valence-corrected chi connectivity index (χ1v) is 11.5. The van der Waals surface area contributed by atoms with Crippen molar-refractivity contribution in [3.63, 3.8) is 0 Å². The third-order valence-electron chi connectivity index (χ3n) is 5.79. The van der Waals surface area contributed by atoms with Crippen LogP contribution in [0.3, 0.4) is 0 Å². The van der Waals surface area contributed by atoms with Gasteiger partial charge in [-0.3, -0.25) is 0 Å². The lowest BCUT2D eigenvalue weighted by Crippen LogP contribution is -2.34. The molecule has 0 spiro atoms. The van der Waals surface area contributed by atoms with Gasteiger partial charge in [0, 0.05) is 23.7 Å². The van der Waals surface area contributed by atoms with Crippen molar-refractivity contribution in [2.45, 2.75) is 40.5 Å². The minimum Gasteiger partial charge on any atom is -0.341 e. The Morgan fingerprint density at radius 3 is 2.55 bits per heavy atom. The molecule has 4 rings (SSSR count). The Balaban J connectivity index is 1.60. The molecule has 0 saturated carbocycles. The molecule has 1 aliphatic heterocycles. The number of aryl methyl sites for hydroxylation is 2. The van der Waals surface area contributed by atoms with Crippen LogP contribution in [0.4, 0.5) is 23.5 Å². The molecule has 3 aromatic rings. The van der Waals surface area contributed by atoms with Crippen molar-refractivity contribution in [2.24, 2.45) is 11.0 Å². The Hall–Kier alpha value is -3.00. The van der Waals surface area contributed by atoms with E-state index in [1.165, 1.54) is 16.7 Å². The average Bonchev–Trinajstić information content (AvgIpc) is 3.16. The Bertz CT molecular complexity index is 1070. The van der Waals surface area contributed by atoms with E-state index in [0.29, 0.717) is 17.8 Å². The van der Waals surface area contributed by atoms with E-state index < -0.39 is 0 Å². The quantitative estimate of drug-likeness (QED) is 0.405. The van der Waals surface area contributed by atoms with Crippen LogP contribution in [0.2, 0.25) is 0 Å². The van der Waals surface area contributed by atoms with E-state index in [1.807, 2.05) is 18.3 Å². The number of anilines is 4. The monoisotopic (exact) mass is 435 g/mol. The van der Waals surface area contributed by atoms with E-state index in [2.05, 4.69) is 75.9 Å². The maximum absolute atomic E-state index is 4.72. The molecule has 0 atom stereocenters. The summed E-state index contributed by atoms with van der Waals surface area (Å²) in [6.07, 6.45) is 4.10. The smallest absolute Gasteiger partial charge is 0.250 e. The molecule has 1 fully saturated rings. The molecular formula is C23H29N7S. The van der Waals surface area contributed by atoms with Gasteiger partial charge in [-0.15, -0.1) is 11.3 Å². The molecule has 162 valence electrons. The third-order valence-corrected chi connectivity index (χ3v) is 6.74. The molecular weight excluding hydrogens is 406 g/mol. The van der Waals surface area contributed by atoms with E-state index in [1.54, 1.807) is 11.3 Å². The highest BCUT2D eigenvalue weighted by Crippen LogP contribution is 2.25. The number of aromatic nitrogens is 3. The van der Waals surface area contributed by atoms with Crippen molar-refractivity contribution >= 4 is 41.1 Å². The highest BCUT2D eigenvalue weighted by molar-refractivity contribution is 7.11. The lowest BCUT2D eigenvalue weighted by molar-refractivity contribution is 0.434. The third kappa shape index (κ3) is 5.19. The number of hydrogen-bond donors (Lipinski definition) is 2. The standard InChI is InChI=1S/C23H29N7S/c1-15-8-11-30(12-9-15)23-27-21(25-19-7-5-6-16(2)18(19)4)26-22(28-23)29-24-14-20-17(3)10-13-31-20/h5-7,10,13-15H,8-9,11-12H2,1-4H3,(H2,25,26,27,28,29)/b24-14-. The van der Waals surface area contributed by atoms with Gasteiger partial charge in [0.15, 0.2) is 0 Å². The van der Waals surface area contributed by atoms with Crippen molar-refractivity contribution in [1.29, 1.82) is 0 Å². The van der Waals surface area contributed by atoms with Crippen LogP contribution in [0.1, 0.15) is 41.3 Å². The summed E-state index contributed by atoms with van der Waals surface area (Å²) >= 11 is 1.66. The van der Waals surface area contributed by atoms with E-state index in [9.17, 15) is 0 Å². The zero-order valence-corrected chi connectivity index (χ0v) is 19.3. The Kier molecular flexibility index (Phi) is 6.46. The summed E-state index contributed by atoms with van der Waals surface area (Å²) in [5.74, 6) is 2.37. The fraction of sp³-hybridized carbons (Fsp3) is 0.391. The molecule has 0 amide bonds. The lowest BCUT2D eigenvalue weighted by Gasteiger charge is -2.30. The minimum absolute atomic E-state index is 0.432. The predicted octanol–water partition coefficient (Wildman–Crippen LogP) is 5.28. The molecule has 7 nitrogen and oxygen atoms in total. The van der Waals surface area contributed by atoms with Gasteiger partial charge < -0.3 is 10.2 Å². The van der Waals surface area contributed by atoms with Gasteiger partial charge >= 0.3 is 0 Å². The van der Waals surface area contributed by atoms with Crippen molar-refractivity contribution in [1.82, 2.24) is 15.0 Å². The van der Waals surface area contributed by atoms with Crippen LogP contribution >= 0.6 is 11.3 Å². The van der Waals surface area contributed by atoms with Crippen molar-refractivity contribution in [3.05, 3.63) is 51.2 Å². The van der Waals surface area contributed by atoms with Gasteiger partial charge in [-0.1, -0.05) is 19.1 Å². The zero-order valence-electron chi connectivity index (χ0n) is 18.5. The Morgan fingerprint density at radius 2 is 1.81 bits per heavy atom. The maximum Gasteiger partial charge on any atom is 0.250 e. The lowest BCUT2D eigenvalue weighted by atomic mass is 10.00. The molecule has 3 heterocycles. The van der Waals surface area contributed by atoms with Crippen LogP contribution in [0.15, 0.2) is 34.7 Å². The van der Waals surface area contributed by atoms with Crippen LogP contribution < -0.4 is 15.6 Å². The van der Waals surface area contributed by atoms with Crippen LogP contribution in [0.25, 0.3) is 0 Å². The Labute approximate surface area is 187 Å². The first-order valence-electron chi connectivity index (χ1n) is 10.7. The van der Waals surface area contributed by atoms with Crippen molar-refractivity contribution < 1.29 is 0 Å². The molecule has 31 heavy (non-hydrogen) atoms. The first kappa shape index (κ1) is 21.2. The van der Waals surface area contributed by atoms with Crippen molar-refractivity contribution in [3.8, 4) is 0 Å². The number of nitrogens with zero attached hydrogens (tertiary/aromatic N) is 5. The molecule has 0 bridgehead atoms. The highest BCUT2D eigenvalue weighted by Gasteiger charge is 2.20. The van der Waals surface area contributed by atoms with Gasteiger partial charge in [0.1, 0.15) is 0 Å². The van der Waals surface area contributed by atoms with Gasteiger partial charge in [-0.05, 0) is 73.7 Å². The van der Waals surface area contributed by atoms with Crippen LogP contribution in [-0.2, 0) is 0 Å². The SMILES string of the molecule is Cc1ccsc1/C=N\Nc1nc(Nc2cccc(C)c2C)nc(N2CCC(C)CC2)n1. The summed E-state index contributed by atoms with van der Waals surface area (Å²) in [6, 6.07) is 8.25. The minimum atomic E-state index is 0.432. The molecule has 1 saturated heterocycles. The number of rotatable bonds is 6. The number of hydrazone groups is 1. The van der Waals surface area contributed by atoms with Gasteiger partial charge in [0.2, 0.25) is 17.8 Å². The topological polar surface area (TPSA) is 78.3 Å². The molecule has 2 N–H and O–H groups in total. The highest BCUT2D eigenvalue weighted by atomic mass is 32.1. The van der Waals surface area contributed by atoms with E-state index >= 15 is 0 Å². The fourth-order valence-corrected chi connectivity index (χ4v) is 4.28. The van der Waals surface area contributed by atoms with Crippen LogP contribution in [-0.4, -0.2) is 34.3 Å². The fourth-order valence-electron chi connectivity index (χ4n) is 3.49. The van der Waals surface area contributed by atoms with Gasteiger partial charge in [0.25, 0.3) is 0 Å². The molecule has 0 unspecified atom stereocenters. The van der Waals surface area contributed by atoms with Gasteiger partial charge in [0.05, 0.1) is 6.21 Å². The molecule has 0 aliphatic carbocycles. The average molecular weight is 436 g/mol. The van der Waals surface area contributed by atoms with Crippen LogP contribution in [0, 0.1) is 26.7 Å². The molecule has 1 aromatic carbocycles. The second kappa shape index (κ2) is 9.43.